The molecule has 0 spiro atoms. The normalized spacial score (nSPS) is 17.0. The summed E-state index contributed by atoms with van der Waals surface area (Å²) in [4.78, 5) is 45.3. The third-order valence-electron chi connectivity index (χ3n) is 6.09. The van der Waals surface area contributed by atoms with Gasteiger partial charge in [-0.1, -0.05) is 46.3 Å². The molecule has 35 heavy (non-hydrogen) atoms. The molecule has 2 heterocycles. The summed E-state index contributed by atoms with van der Waals surface area (Å²) in [6.45, 7) is 2.19. The minimum absolute atomic E-state index is 0.0719. The fraction of sp³-hybridized carbons (Fsp3) is 0.280. The number of amides is 2. The number of esters is 1. The topological polar surface area (TPSA) is 103 Å². The first-order chi connectivity index (χ1) is 16.8. The van der Waals surface area contributed by atoms with E-state index < -0.39 is 17.4 Å². The summed E-state index contributed by atoms with van der Waals surface area (Å²) in [7, 11) is 2.77. The lowest BCUT2D eigenvalue weighted by atomic mass is 9.93. The number of halogens is 1. The van der Waals surface area contributed by atoms with Gasteiger partial charge in [0.2, 0.25) is 5.91 Å². The fourth-order valence-electron chi connectivity index (χ4n) is 4.19. The standard InChI is InChI=1S/C25H25BrN4O5/c1-25(24(33)27-12-16-7-5-4-6-8-16)14-29-15-28-20(23(32)35-3)21(29)22(31)30(25)13-17-11-18(26)9-10-19(17)34-2/h4-11,15H,12-14H2,1-3H3,(H,27,33)/t25-/m1/s1. The molecule has 1 N–H and O–H groups in total. The second-order valence-electron chi connectivity index (χ2n) is 8.35. The molecule has 2 aromatic carbocycles. The van der Waals surface area contributed by atoms with Crippen molar-refractivity contribution in [1.82, 2.24) is 19.8 Å². The number of ether oxygens (including phenoxy) is 2. The SMILES string of the molecule is COC(=O)c1ncn2c1C(=O)N(Cc1cc(Br)ccc1OC)[C@@](C)(C(=O)NCc1ccccc1)C2. The Balaban J connectivity index is 1.74. The number of carbonyl (C=O) groups excluding carboxylic acids is 3. The van der Waals surface area contributed by atoms with Crippen molar-refractivity contribution < 1.29 is 23.9 Å². The molecular formula is C25H25BrN4O5. The Kier molecular flexibility index (Phi) is 6.93. The molecule has 0 saturated carbocycles. The van der Waals surface area contributed by atoms with Gasteiger partial charge in [-0.25, -0.2) is 9.78 Å². The molecule has 2 amide bonds. The summed E-state index contributed by atoms with van der Waals surface area (Å²) in [6, 6.07) is 15.0. The van der Waals surface area contributed by atoms with Gasteiger partial charge in [0.1, 0.15) is 17.0 Å². The second-order valence-corrected chi connectivity index (χ2v) is 9.27. The van der Waals surface area contributed by atoms with Gasteiger partial charge in [0.25, 0.3) is 5.91 Å². The Morgan fingerprint density at radius 2 is 1.91 bits per heavy atom. The van der Waals surface area contributed by atoms with Crippen LogP contribution in [0.4, 0.5) is 0 Å². The number of nitrogens with zero attached hydrogens (tertiary/aromatic N) is 3. The van der Waals surface area contributed by atoms with Crippen LogP contribution in [0.2, 0.25) is 0 Å². The average Bonchev–Trinajstić information content (AvgIpc) is 3.29. The molecule has 4 rings (SSSR count). The Morgan fingerprint density at radius 1 is 1.17 bits per heavy atom. The Labute approximate surface area is 211 Å². The number of methoxy groups -OCH3 is 2. The van der Waals surface area contributed by atoms with Crippen molar-refractivity contribution in [2.45, 2.75) is 32.1 Å². The molecule has 1 aromatic heterocycles. The third kappa shape index (κ3) is 4.66. The molecule has 0 bridgehead atoms. The first-order valence-electron chi connectivity index (χ1n) is 10.9. The van der Waals surface area contributed by atoms with Gasteiger partial charge in [0.05, 0.1) is 33.6 Å². The minimum Gasteiger partial charge on any atom is -0.496 e. The van der Waals surface area contributed by atoms with E-state index in [1.165, 1.54) is 22.9 Å². The number of aromatic nitrogens is 2. The maximum Gasteiger partial charge on any atom is 0.359 e. The number of fused-ring (bicyclic) bond motifs is 1. The van der Waals surface area contributed by atoms with Crippen LogP contribution >= 0.6 is 15.9 Å². The third-order valence-corrected chi connectivity index (χ3v) is 6.59. The zero-order valence-electron chi connectivity index (χ0n) is 19.6. The maximum atomic E-state index is 13.8. The van der Waals surface area contributed by atoms with Gasteiger partial charge in [-0.2, -0.15) is 0 Å². The highest BCUT2D eigenvalue weighted by Gasteiger charge is 2.49. The summed E-state index contributed by atoms with van der Waals surface area (Å²) >= 11 is 3.46. The molecule has 0 saturated heterocycles. The lowest BCUT2D eigenvalue weighted by Gasteiger charge is -2.44. The zero-order chi connectivity index (χ0) is 25.2. The molecule has 0 radical (unpaired) electrons. The molecule has 0 fully saturated rings. The predicted octanol–water partition coefficient (Wildman–Crippen LogP) is 3.17. The highest BCUT2D eigenvalue weighted by atomic mass is 79.9. The first kappa shape index (κ1) is 24.5. The van der Waals surface area contributed by atoms with Crippen LogP contribution in [0.1, 0.15) is 39.0 Å². The molecule has 0 unspecified atom stereocenters. The molecule has 0 aliphatic carbocycles. The monoisotopic (exact) mass is 540 g/mol. The highest BCUT2D eigenvalue weighted by Crippen LogP contribution is 2.33. The van der Waals surface area contributed by atoms with E-state index in [-0.39, 0.29) is 30.4 Å². The van der Waals surface area contributed by atoms with E-state index in [9.17, 15) is 14.4 Å². The lowest BCUT2D eigenvalue weighted by molar-refractivity contribution is -0.133. The van der Waals surface area contributed by atoms with E-state index in [2.05, 4.69) is 26.2 Å². The molecule has 10 heteroatoms. The van der Waals surface area contributed by atoms with Crippen LogP contribution in [-0.2, 0) is 29.2 Å². The van der Waals surface area contributed by atoms with Crippen molar-refractivity contribution in [2.24, 2.45) is 0 Å². The van der Waals surface area contributed by atoms with Gasteiger partial charge in [-0.05, 0) is 30.7 Å². The van der Waals surface area contributed by atoms with Gasteiger partial charge in [-0.3, -0.25) is 9.59 Å². The summed E-state index contributed by atoms with van der Waals surface area (Å²) < 4.78 is 12.6. The summed E-state index contributed by atoms with van der Waals surface area (Å²) in [6.07, 6.45) is 1.39. The van der Waals surface area contributed by atoms with E-state index >= 15 is 0 Å². The Hall–Kier alpha value is -3.66. The number of benzene rings is 2. The van der Waals surface area contributed by atoms with Gasteiger partial charge in [0, 0.05) is 16.6 Å². The van der Waals surface area contributed by atoms with Gasteiger partial charge >= 0.3 is 5.97 Å². The van der Waals surface area contributed by atoms with E-state index in [0.717, 1.165) is 10.0 Å². The summed E-state index contributed by atoms with van der Waals surface area (Å²) in [5, 5.41) is 2.96. The van der Waals surface area contributed by atoms with Gasteiger partial charge in [-0.15, -0.1) is 0 Å². The Morgan fingerprint density at radius 3 is 2.60 bits per heavy atom. The molecule has 182 valence electrons. The van der Waals surface area contributed by atoms with Gasteiger partial charge in [0.15, 0.2) is 5.69 Å². The van der Waals surface area contributed by atoms with Crippen molar-refractivity contribution in [2.75, 3.05) is 14.2 Å². The summed E-state index contributed by atoms with van der Waals surface area (Å²) in [5.74, 6) is -0.985. The number of hydrogen-bond donors (Lipinski definition) is 1. The molecule has 9 nitrogen and oxygen atoms in total. The number of imidazole rings is 1. The largest absolute Gasteiger partial charge is 0.496 e. The van der Waals surface area contributed by atoms with Crippen LogP contribution in [0.15, 0.2) is 59.3 Å². The van der Waals surface area contributed by atoms with Crippen LogP contribution in [0.3, 0.4) is 0 Å². The maximum absolute atomic E-state index is 13.8. The van der Waals surface area contributed by atoms with Crippen molar-refractivity contribution in [1.29, 1.82) is 0 Å². The van der Waals surface area contributed by atoms with Crippen LogP contribution in [0.5, 0.6) is 5.75 Å². The first-order valence-corrected chi connectivity index (χ1v) is 11.7. The molecular weight excluding hydrogens is 516 g/mol. The summed E-state index contributed by atoms with van der Waals surface area (Å²) in [5.41, 5.74) is 0.350. The van der Waals surface area contributed by atoms with Crippen molar-refractivity contribution >= 4 is 33.7 Å². The van der Waals surface area contributed by atoms with E-state index in [0.29, 0.717) is 17.9 Å². The van der Waals surface area contributed by atoms with E-state index in [1.54, 1.807) is 20.1 Å². The molecule has 1 aliphatic heterocycles. The molecule has 1 atom stereocenters. The minimum atomic E-state index is -1.28. The smallest absolute Gasteiger partial charge is 0.359 e. The van der Waals surface area contributed by atoms with Crippen LogP contribution in [0.25, 0.3) is 0 Å². The Bertz CT molecular complexity index is 1280. The molecule has 1 aliphatic rings. The number of hydrogen-bond acceptors (Lipinski definition) is 6. The number of nitrogens with one attached hydrogen (secondary N) is 1. The van der Waals surface area contributed by atoms with Gasteiger partial charge < -0.3 is 24.3 Å². The van der Waals surface area contributed by atoms with Crippen molar-refractivity contribution in [3.63, 3.8) is 0 Å². The lowest BCUT2D eigenvalue weighted by Crippen LogP contribution is -2.63. The average molecular weight is 541 g/mol. The van der Waals surface area contributed by atoms with E-state index in [4.69, 9.17) is 9.47 Å². The van der Waals surface area contributed by atoms with Crippen LogP contribution in [0, 0.1) is 0 Å². The van der Waals surface area contributed by atoms with Crippen molar-refractivity contribution in [3.05, 3.63) is 81.8 Å². The predicted molar refractivity (Wildman–Crippen MR) is 131 cm³/mol. The van der Waals surface area contributed by atoms with Crippen LogP contribution in [-0.4, -0.2) is 52.0 Å². The zero-order valence-corrected chi connectivity index (χ0v) is 21.2. The van der Waals surface area contributed by atoms with Crippen LogP contribution < -0.4 is 10.1 Å². The quantitative estimate of drug-likeness (QED) is 0.461. The second kappa shape index (κ2) is 9.91. The molecule has 3 aromatic rings. The number of carbonyl (C=O) groups is 3. The highest BCUT2D eigenvalue weighted by molar-refractivity contribution is 9.10. The van der Waals surface area contributed by atoms with Crippen molar-refractivity contribution in [3.8, 4) is 5.75 Å². The van der Waals surface area contributed by atoms with E-state index in [1.807, 2.05) is 42.5 Å². The number of rotatable bonds is 7. The fourth-order valence-corrected chi connectivity index (χ4v) is 4.60.